The zero-order valence-electron chi connectivity index (χ0n) is 15.1. The largest absolute Gasteiger partial charge is 0.372 e. The Morgan fingerprint density at radius 1 is 0.960 bits per heavy atom. The van der Waals surface area contributed by atoms with Gasteiger partial charge in [-0.3, -0.25) is 0 Å². The van der Waals surface area contributed by atoms with Gasteiger partial charge in [-0.05, 0) is 56.1 Å². The zero-order valence-corrected chi connectivity index (χ0v) is 15.9. The van der Waals surface area contributed by atoms with Crippen molar-refractivity contribution in [3.8, 4) is 0 Å². The first kappa shape index (κ1) is 19.4. The highest BCUT2D eigenvalue weighted by atomic mass is 35.5. The van der Waals surface area contributed by atoms with E-state index in [1.807, 2.05) is 0 Å². The maximum atomic E-state index is 3.55. The van der Waals surface area contributed by atoms with Crippen molar-refractivity contribution in [3.63, 3.8) is 0 Å². The number of para-hydroxylation sites is 1. The lowest BCUT2D eigenvalue weighted by Gasteiger charge is -2.21. The number of benzene rings is 2. The molecule has 0 saturated carbocycles. The molecule has 1 heterocycles. The number of fused-ring (bicyclic) bond motifs is 1. The normalized spacial score (nSPS) is 10.6. The number of rotatable bonds is 8. The van der Waals surface area contributed by atoms with Gasteiger partial charge in [0.25, 0.3) is 0 Å². The summed E-state index contributed by atoms with van der Waals surface area (Å²) in [6.45, 7) is 8.41. The second kappa shape index (κ2) is 9.50. The molecule has 3 rings (SSSR count). The van der Waals surface area contributed by atoms with E-state index < -0.39 is 0 Å². The Labute approximate surface area is 156 Å². The summed E-state index contributed by atoms with van der Waals surface area (Å²) in [5.41, 5.74) is 5.25. The van der Waals surface area contributed by atoms with Gasteiger partial charge in [-0.1, -0.05) is 30.3 Å². The molecule has 0 saturated heterocycles. The Kier molecular flexibility index (Phi) is 7.35. The summed E-state index contributed by atoms with van der Waals surface area (Å²) < 4.78 is 0. The molecule has 3 aromatic rings. The SMILES string of the molecule is CCN(CC)c1ccc(CNCCc2c[nH]c3ccccc23)cc1.Cl. The van der Waals surface area contributed by atoms with E-state index in [1.54, 1.807) is 0 Å². The highest BCUT2D eigenvalue weighted by Crippen LogP contribution is 2.18. The van der Waals surface area contributed by atoms with Gasteiger partial charge < -0.3 is 15.2 Å². The fraction of sp³-hybridized carbons (Fsp3) is 0.333. The molecule has 134 valence electrons. The molecule has 0 aliphatic heterocycles. The van der Waals surface area contributed by atoms with Crippen LogP contribution in [0.2, 0.25) is 0 Å². The molecule has 3 nitrogen and oxygen atoms in total. The summed E-state index contributed by atoms with van der Waals surface area (Å²) in [6.07, 6.45) is 3.17. The molecule has 0 atom stereocenters. The van der Waals surface area contributed by atoms with Crippen molar-refractivity contribution >= 4 is 29.0 Å². The molecule has 0 fully saturated rings. The summed E-state index contributed by atoms with van der Waals surface area (Å²) >= 11 is 0. The molecule has 4 heteroatoms. The van der Waals surface area contributed by atoms with Crippen molar-refractivity contribution in [2.75, 3.05) is 24.5 Å². The number of nitrogens with one attached hydrogen (secondary N) is 2. The maximum Gasteiger partial charge on any atom is 0.0456 e. The van der Waals surface area contributed by atoms with Gasteiger partial charge in [0.1, 0.15) is 0 Å². The van der Waals surface area contributed by atoms with Crippen LogP contribution in [0.3, 0.4) is 0 Å². The third-order valence-electron chi connectivity index (χ3n) is 4.64. The van der Waals surface area contributed by atoms with Crippen molar-refractivity contribution in [2.45, 2.75) is 26.8 Å². The Bertz CT molecular complexity index is 760. The molecule has 2 aromatic carbocycles. The van der Waals surface area contributed by atoms with Crippen LogP contribution in [-0.4, -0.2) is 24.6 Å². The first-order valence-corrected chi connectivity index (χ1v) is 8.91. The number of aromatic nitrogens is 1. The maximum absolute atomic E-state index is 3.55. The minimum Gasteiger partial charge on any atom is -0.372 e. The van der Waals surface area contributed by atoms with Gasteiger partial charge in [-0.25, -0.2) is 0 Å². The van der Waals surface area contributed by atoms with Crippen LogP contribution in [0.4, 0.5) is 5.69 Å². The zero-order chi connectivity index (χ0) is 16.8. The molecule has 0 spiro atoms. The molecular formula is C21H28ClN3. The monoisotopic (exact) mass is 357 g/mol. The van der Waals surface area contributed by atoms with Crippen LogP contribution in [0.15, 0.2) is 54.7 Å². The predicted molar refractivity (Wildman–Crippen MR) is 111 cm³/mol. The molecule has 0 aliphatic rings. The van der Waals surface area contributed by atoms with Crippen LogP contribution in [0.25, 0.3) is 10.9 Å². The Balaban J connectivity index is 0.00000225. The lowest BCUT2D eigenvalue weighted by molar-refractivity contribution is 0.688. The van der Waals surface area contributed by atoms with Gasteiger partial charge in [0.15, 0.2) is 0 Å². The number of hydrogen-bond donors (Lipinski definition) is 2. The van der Waals surface area contributed by atoms with Crippen molar-refractivity contribution in [2.24, 2.45) is 0 Å². The number of anilines is 1. The van der Waals surface area contributed by atoms with Crippen LogP contribution in [0.5, 0.6) is 0 Å². The number of nitrogens with zero attached hydrogens (tertiary/aromatic N) is 1. The van der Waals surface area contributed by atoms with Crippen molar-refractivity contribution in [1.29, 1.82) is 0 Å². The van der Waals surface area contributed by atoms with Crippen molar-refractivity contribution in [1.82, 2.24) is 10.3 Å². The van der Waals surface area contributed by atoms with Gasteiger partial charge in [-0.2, -0.15) is 0 Å². The molecular weight excluding hydrogens is 330 g/mol. The fourth-order valence-electron chi connectivity index (χ4n) is 3.21. The van der Waals surface area contributed by atoms with Crippen molar-refractivity contribution < 1.29 is 0 Å². The summed E-state index contributed by atoms with van der Waals surface area (Å²) in [6, 6.07) is 17.4. The quantitative estimate of drug-likeness (QED) is 0.569. The van der Waals surface area contributed by atoms with Crippen LogP contribution in [-0.2, 0) is 13.0 Å². The number of H-pyrrole nitrogens is 1. The van der Waals surface area contributed by atoms with E-state index in [9.17, 15) is 0 Å². The highest BCUT2D eigenvalue weighted by Gasteiger charge is 2.03. The molecule has 1 aromatic heterocycles. The van der Waals surface area contributed by atoms with Crippen LogP contribution in [0.1, 0.15) is 25.0 Å². The topological polar surface area (TPSA) is 31.1 Å². The average Bonchev–Trinajstić information content (AvgIpc) is 3.04. The van der Waals surface area contributed by atoms with Crippen LogP contribution in [0, 0.1) is 0 Å². The smallest absolute Gasteiger partial charge is 0.0456 e. The molecule has 0 unspecified atom stereocenters. The highest BCUT2D eigenvalue weighted by molar-refractivity contribution is 5.85. The van der Waals surface area contributed by atoms with Crippen LogP contribution >= 0.6 is 12.4 Å². The van der Waals surface area contributed by atoms with Gasteiger partial charge in [0, 0.05) is 42.4 Å². The third-order valence-corrected chi connectivity index (χ3v) is 4.64. The number of aromatic amines is 1. The molecule has 0 amide bonds. The fourth-order valence-corrected chi connectivity index (χ4v) is 3.21. The summed E-state index contributed by atoms with van der Waals surface area (Å²) in [5.74, 6) is 0. The summed E-state index contributed by atoms with van der Waals surface area (Å²) in [4.78, 5) is 5.71. The molecule has 0 aliphatic carbocycles. The first-order chi connectivity index (χ1) is 11.8. The second-order valence-electron chi connectivity index (χ2n) is 6.13. The molecule has 25 heavy (non-hydrogen) atoms. The third kappa shape index (κ3) is 4.77. The van der Waals surface area contributed by atoms with E-state index in [1.165, 1.54) is 27.7 Å². The standard InChI is InChI=1S/C21H27N3.ClH/c1-3-24(4-2)19-11-9-17(10-12-19)15-22-14-13-18-16-23-21-8-6-5-7-20(18)21;/h5-12,16,22-23H,3-4,13-15H2,1-2H3;1H. The average molecular weight is 358 g/mol. The predicted octanol–water partition coefficient (Wildman–Crippen LogP) is 4.77. The van der Waals surface area contributed by atoms with E-state index in [2.05, 4.69) is 83.8 Å². The Hall–Kier alpha value is -1.97. The molecule has 0 bridgehead atoms. The number of hydrogen-bond acceptors (Lipinski definition) is 2. The van der Waals surface area contributed by atoms with E-state index in [4.69, 9.17) is 0 Å². The molecule has 2 N–H and O–H groups in total. The van der Waals surface area contributed by atoms with Gasteiger partial charge in [-0.15, -0.1) is 12.4 Å². The number of halogens is 1. The van der Waals surface area contributed by atoms with Gasteiger partial charge in [0.05, 0.1) is 0 Å². The first-order valence-electron chi connectivity index (χ1n) is 8.91. The Morgan fingerprint density at radius 2 is 1.68 bits per heavy atom. The van der Waals surface area contributed by atoms with E-state index in [-0.39, 0.29) is 12.4 Å². The lowest BCUT2D eigenvalue weighted by atomic mass is 10.1. The lowest BCUT2D eigenvalue weighted by Crippen LogP contribution is -2.21. The van der Waals surface area contributed by atoms with Crippen molar-refractivity contribution in [3.05, 3.63) is 65.9 Å². The summed E-state index contributed by atoms with van der Waals surface area (Å²) in [5, 5.41) is 4.89. The summed E-state index contributed by atoms with van der Waals surface area (Å²) in [7, 11) is 0. The van der Waals surface area contributed by atoms with E-state index >= 15 is 0 Å². The molecule has 0 radical (unpaired) electrons. The van der Waals surface area contributed by atoms with Gasteiger partial charge >= 0.3 is 0 Å². The Morgan fingerprint density at radius 3 is 2.40 bits per heavy atom. The minimum atomic E-state index is 0. The van der Waals surface area contributed by atoms with E-state index in [0.29, 0.717) is 0 Å². The van der Waals surface area contributed by atoms with Crippen LogP contribution < -0.4 is 10.2 Å². The van der Waals surface area contributed by atoms with Gasteiger partial charge in [0.2, 0.25) is 0 Å². The minimum absolute atomic E-state index is 0. The second-order valence-corrected chi connectivity index (χ2v) is 6.13. The van der Waals surface area contributed by atoms with E-state index in [0.717, 1.165) is 32.6 Å².